The molecule has 0 bridgehead atoms. The van der Waals surface area contributed by atoms with Crippen LogP contribution >= 0.6 is 22.7 Å². The Morgan fingerprint density at radius 1 is 1.23 bits per heavy atom. The average molecular weight is 383 g/mol. The number of rotatable bonds is 5. The third-order valence-corrected chi connectivity index (χ3v) is 5.92. The topological polar surface area (TPSA) is 71.1 Å². The number of thiophene rings is 1. The van der Waals surface area contributed by atoms with Crippen molar-refractivity contribution >= 4 is 45.3 Å². The summed E-state index contributed by atoms with van der Waals surface area (Å²) in [5.74, 6) is 0.0407. The summed E-state index contributed by atoms with van der Waals surface area (Å²) in [5.41, 5.74) is 3.83. The predicted octanol–water partition coefficient (Wildman–Crippen LogP) is 4.33. The number of hydrogen-bond acceptors (Lipinski definition) is 5. The largest absolute Gasteiger partial charge is 0.326 e. The lowest BCUT2D eigenvalue weighted by molar-refractivity contribution is -0.117. The molecule has 1 aliphatic heterocycles. The van der Waals surface area contributed by atoms with Gasteiger partial charge in [-0.05, 0) is 42.0 Å². The van der Waals surface area contributed by atoms with E-state index < -0.39 is 0 Å². The van der Waals surface area contributed by atoms with E-state index in [1.54, 1.807) is 11.3 Å². The van der Waals surface area contributed by atoms with Gasteiger partial charge in [-0.1, -0.05) is 12.1 Å². The zero-order chi connectivity index (χ0) is 17.9. The van der Waals surface area contributed by atoms with Crippen molar-refractivity contribution in [3.05, 3.63) is 51.5 Å². The van der Waals surface area contributed by atoms with Crippen molar-refractivity contribution in [3.8, 4) is 11.3 Å². The van der Waals surface area contributed by atoms with Gasteiger partial charge in [-0.3, -0.25) is 9.59 Å². The Kier molecular flexibility index (Phi) is 4.81. The molecule has 0 aliphatic carbocycles. The van der Waals surface area contributed by atoms with E-state index in [1.165, 1.54) is 16.2 Å². The number of hydrogen-bond donors (Lipinski definition) is 2. The Hall–Kier alpha value is -2.51. The van der Waals surface area contributed by atoms with Gasteiger partial charge in [-0.2, -0.15) is 0 Å². The van der Waals surface area contributed by atoms with Gasteiger partial charge < -0.3 is 10.6 Å². The fraction of sp³-hybridized carbons (Fsp3) is 0.211. The van der Waals surface area contributed by atoms with Crippen LogP contribution in [0.2, 0.25) is 0 Å². The molecule has 0 atom stereocenters. The van der Waals surface area contributed by atoms with Crippen molar-refractivity contribution in [1.82, 2.24) is 4.98 Å². The van der Waals surface area contributed by atoms with E-state index in [0.29, 0.717) is 18.0 Å². The molecule has 3 heterocycles. The smallest absolute Gasteiger partial charge is 0.226 e. The third-order valence-electron chi connectivity index (χ3n) is 4.23. The maximum absolute atomic E-state index is 12.1. The molecule has 132 valence electrons. The first-order valence-electron chi connectivity index (χ1n) is 8.38. The highest BCUT2D eigenvalue weighted by molar-refractivity contribution is 7.14. The van der Waals surface area contributed by atoms with E-state index in [1.807, 2.05) is 35.0 Å². The molecule has 0 radical (unpaired) electrons. The van der Waals surface area contributed by atoms with Gasteiger partial charge in [0.2, 0.25) is 11.8 Å². The number of nitrogens with one attached hydrogen (secondary N) is 2. The first kappa shape index (κ1) is 16.9. The van der Waals surface area contributed by atoms with Crippen LogP contribution in [0, 0.1) is 0 Å². The summed E-state index contributed by atoms with van der Waals surface area (Å²) in [5, 5.41) is 10.3. The molecule has 2 amide bonds. The standard InChI is InChI=1S/C19H17N3O2S2/c23-17-7-4-12-10-13(3-6-15(12)20-17)16-11-26-19(21-16)22-18(24)8-5-14-2-1-9-25-14/h1-3,6,9-11H,4-5,7-8H2,(H,20,23)(H,21,22,24). The highest BCUT2D eigenvalue weighted by Crippen LogP contribution is 2.30. The maximum atomic E-state index is 12.1. The van der Waals surface area contributed by atoms with Crippen LogP contribution in [0.25, 0.3) is 11.3 Å². The summed E-state index contributed by atoms with van der Waals surface area (Å²) in [6.07, 6.45) is 2.46. The Labute approximate surface area is 159 Å². The van der Waals surface area contributed by atoms with Gasteiger partial charge in [-0.25, -0.2) is 4.98 Å². The second kappa shape index (κ2) is 7.39. The number of carbonyl (C=O) groups is 2. The zero-order valence-corrected chi connectivity index (χ0v) is 15.6. The van der Waals surface area contributed by atoms with E-state index in [0.717, 1.165) is 35.3 Å². The van der Waals surface area contributed by atoms with E-state index in [-0.39, 0.29) is 11.8 Å². The van der Waals surface area contributed by atoms with Gasteiger partial charge >= 0.3 is 0 Å². The quantitative estimate of drug-likeness (QED) is 0.689. The van der Waals surface area contributed by atoms with Gasteiger partial charge in [0.25, 0.3) is 0 Å². The summed E-state index contributed by atoms with van der Waals surface area (Å²) in [4.78, 5) is 29.3. The van der Waals surface area contributed by atoms with Crippen LogP contribution < -0.4 is 10.6 Å². The van der Waals surface area contributed by atoms with Crippen molar-refractivity contribution in [2.45, 2.75) is 25.7 Å². The molecule has 0 fully saturated rings. The number of amides is 2. The first-order valence-corrected chi connectivity index (χ1v) is 10.1. The molecular weight excluding hydrogens is 366 g/mol. The normalized spacial score (nSPS) is 13.2. The monoisotopic (exact) mass is 383 g/mol. The Balaban J connectivity index is 1.41. The van der Waals surface area contributed by atoms with Crippen LogP contribution in [-0.4, -0.2) is 16.8 Å². The predicted molar refractivity (Wildman–Crippen MR) is 106 cm³/mol. The number of nitrogens with zero attached hydrogens (tertiary/aromatic N) is 1. The number of benzene rings is 1. The Morgan fingerprint density at radius 2 is 2.15 bits per heavy atom. The summed E-state index contributed by atoms with van der Waals surface area (Å²) >= 11 is 3.09. The molecular formula is C19H17N3O2S2. The molecule has 26 heavy (non-hydrogen) atoms. The highest BCUT2D eigenvalue weighted by atomic mass is 32.1. The van der Waals surface area contributed by atoms with Crippen LogP contribution in [0.15, 0.2) is 41.1 Å². The number of fused-ring (bicyclic) bond motifs is 1. The Bertz CT molecular complexity index is 948. The lowest BCUT2D eigenvalue weighted by Gasteiger charge is -2.17. The van der Waals surface area contributed by atoms with Crippen LogP contribution in [0.5, 0.6) is 0 Å². The van der Waals surface area contributed by atoms with Crippen molar-refractivity contribution in [3.63, 3.8) is 0 Å². The SMILES string of the molecule is O=C(CCc1cccs1)Nc1nc(-c2ccc3c(c2)CCC(=O)N3)cs1. The summed E-state index contributed by atoms with van der Waals surface area (Å²) < 4.78 is 0. The lowest BCUT2D eigenvalue weighted by atomic mass is 9.99. The minimum absolute atomic E-state index is 0.0209. The molecule has 3 aromatic rings. The van der Waals surface area contributed by atoms with Crippen molar-refractivity contribution in [2.75, 3.05) is 10.6 Å². The number of anilines is 2. The maximum Gasteiger partial charge on any atom is 0.226 e. The van der Waals surface area contributed by atoms with E-state index in [2.05, 4.69) is 21.7 Å². The molecule has 2 N–H and O–H groups in total. The second-order valence-corrected chi connectivity index (χ2v) is 7.98. The molecule has 0 saturated carbocycles. The number of aryl methyl sites for hydroxylation is 2. The molecule has 0 saturated heterocycles. The highest BCUT2D eigenvalue weighted by Gasteiger charge is 2.16. The molecule has 1 aromatic carbocycles. The summed E-state index contributed by atoms with van der Waals surface area (Å²) in [6, 6.07) is 9.96. The first-order chi connectivity index (χ1) is 12.7. The van der Waals surface area contributed by atoms with Gasteiger partial charge in [0, 0.05) is 34.3 Å². The number of carbonyl (C=O) groups excluding carboxylic acids is 2. The fourth-order valence-corrected chi connectivity index (χ4v) is 4.32. The number of aromatic nitrogens is 1. The molecule has 0 unspecified atom stereocenters. The average Bonchev–Trinajstić information content (AvgIpc) is 3.31. The molecule has 4 rings (SSSR count). The zero-order valence-electron chi connectivity index (χ0n) is 14.0. The second-order valence-electron chi connectivity index (χ2n) is 6.09. The fourth-order valence-electron chi connectivity index (χ4n) is 2.88. The van der Waals surface area contributed by atoms with Gasteiger partial charge in [0.15, 0.2) is 5.13 Å². The van der Waals surface area contributed by atoms with Gasteiger partial charge in [-0.15, -0.1) is 22.7 Å². The lowest BCUT2D eigenvalue weighted by Crippen LogP contribution is -2.18. The van der Waals surface area contributed by atoms with E-state index in [9.17, 15) is 9.59 Å². The van der Waals surface area contributed by atoms with E-state index in [4.69, 9.17) is 0 Å². The third kappa shape index (κ3) is 3.84. The summed E-state index contributed by atoms with van der Waals surface area (Å²) in [6.45, 7) is 0. The summed E-state index contributed by atoms with van der Waals surface area (Å²) in [7, 11) is 0. The van der Waals surface area contributed by atoms with Crippen LogP contribution in [0.1, 0.15) is 23.3 Å². The minimum atomic E-state index is -0.0209. The number of thiazole rings is 1. The van der Waals surface area contributed by atoms with Gasteiger partial charge in [0.05, 0.1) is 5.69 Å². The Morgan fingerprint density at radius 3 is 3.00 bits per heavy atom. The molecule has 2 aromatic heterocycles. The van der Waals surface area contributed by atoms with Crippen LogP contribution in [0.4, 0.5) is 10.8 Å². The van der Waals surface area contributed by atoms with E-state index >= 15 is 0 Å². The minimum Gasteiger partial charge on any atom is -0.326 e. The van der Waals surface area contributed by atoms with Gasteiger partial charge in [0.1, 0.15) is 0 Å². The van der Waals surface area contributed by atoms with Crippen molar-refractivity contribution in [1.29, 1.82) is 0 Å². The molecule has 1 aliphatic rings. The molecule has 0 spiro atoms. The molecule has 7 heteroatoms. The molecule has 5 nitrogen and oxygen atoms in total. The van der Waals surface area contributed by atoms with Crippen LogP contribution in [-0.2, 0) is 22.4 Å². The van der Waals surface area contributed by atoms with Crippen LogP contribution in [0.3, 0.4) is 0 Å². The van der Waals surface area contributed by atoms with Crippen molar-refractivity contribution < 1.29 is 9.59 Å². The van der Waals surface area contributed by atoms with Crippen molar-refractivity contribution in [2.24, 2.45) is 0 Å².